The van der Waals surface area contributed by atoms with Crippen molar-refractivity contribution in [3.8, 4) is 0 Å². The first-order chi connectivity index (χ1) is 26.6. The molecule has 0 nitrogen and oxygen atoms in total. The van der Waals surface area contributed by atoms with E-state index in [1.165, 1.54) is 131 Å². The van der Waals surface area contributed by atoms with Gasteiger partial charge in [0, 0.05) is 0 Å². The molecule has 0 unspecified atom stereocenters. The molecule has 2 aliphatic rings. The van der Waals surface area contributed by atoms with Crippen LogP contribution < -0.4 is 35.4 Å². The average molecular weight is 956 g/mol. The molecule has 0 aliphatic heterocycles. The third-order valence-corrected chi connectivity index (χ3v) is 17.6. The second-order valence-corrected chi connectivity index (χ2v) is 22.3. The molecule has 0 bridgehead atoms. The molecule has 0 spiro atoms. The van der Waals surface area contributed by atoms with Crippen LogP contribution in [0.25, 0.3) is 21.5 Å². The van der Waals surface area contributed by atoms with E-state index in [0.717, 1.165) is 0 Å². The molecule has 4 aromatic carbocycles. The molecule has 0 heterocycles. The van der Waals surface area contributed by atoms with Gasteiger partial charge in [0.25, 0.3) is 0 Å². The Morgan fingerprint density at radius 1 is 0.483 bits per heavy atom. The van der Waals surface area contributed by atoms with Crippen LogP contribution in [0.1, 0.15) is 148 Å². The van der Waals surface area contributed by atoms with Crippen molar-refractivity contribution in [3.63, 3.8) is 0 Å². The van der Waals surface area contributed by atoms with Gasteiger partial charge in [0.2, 0.25) is 0 Å². The van der Waals surface area contributed by atoms with Gasteiger partial charge in [-0.3, -0.25) is 12.2 Å². The van der Waals surface area contributed by atoms with E-state index >= 15 is 0 Å². The van der Waals surface area contributed by atoms with Crippen molar-refractivity contribution < 1.29 is 68.2 Å². The molecule has 0 fully saturated rings. The average Bonchev–Trinajstić information content (AvgIpc) is 3.89. The molecule has 4 aromatic rings. The van der Waals surface area contributed by atoms with E-state index < -0.39 is 0 Å². The van der Waals surface area contributed by atoms with Crippen LogP contribution in [0.2, 0.25) is 0 Å². The summed E-state index contributed by atoms with van der Waals surface area (Å²) >= 11 is 0. The third kappa shape index (κ3) is 18.5. The Hall–Kier alpha value is -0.511. The molecule has 0 saturated carbocycles. The minimum atomic E-state index is 0. The molecule has 2 aliphatic carbocycles. The second kappa shape index (κ2) is 30.6. The summed E-state index contributed by atoms with van der Waals surface area (Å²) in [6.45, 7) is 31.0. The standard InChI is InChI=1S/2C17H24P.2C10H15.2ClH.2Ti/c2*1-3-5-11-18(12-6-4-2)17-13-15-9-7-8-10-16(15)14-17;2*1-7-6-10(4,5)9(3)8(7)2;;;;/h2*7-10,13-14H,3-6,11-12H2,1-2H3;2*1-5H3;2*1H;;/q4*-1;;;2*+2/p-2. The predicted molar refractivity (Wildman–Crippen MR) is 260 cm³/mol. The largest absolute Gasteiger partial charge is 2.00 e. The van der Waals surface area contributed by atoms with Gasteiger partial charge >= 0.3 is 43.4 Å². The van der Waals surface area contributed by atoms with Crippen LogP contribution >= 0.6 is 15.8 Å². The van der Waals surface area contributed by atoms with Crippen LogP contribution in [0, 0.1) is 23.0 Å². The molecule has 0 saturated heterocycles. The quantitative estimate of drug-likeness (QED) is 0.0671. The summed E-state index contributed by atoms with van der Waals surface area (Å²) < 4.78 is 0. The summed E-state index contributed by atoms with van der Waals surface area (Å²) in [4.78, 5) is 0. The molecule has 0 amide bonds. The van der Waals surface area contributed by atoms with Gasteiger partial charge in [-0.15, -0.1) is 94.5 Å². The maximum absolute atomic E-state index is 3.44. The van der Waals surface area contributed by atoms with Gasteiger partial charge in [0.15, 0.2) is 0 Å². The summed E-state index contributed by atoms with van der Waals surface area (Å²) in [5, 5.41) is 8.96. The van der Waals surface area contributed by atoms with Gasteiger partial charge in [-0.2, -0.15) is 34.4 Å². The van der Waals surface area contributed by atoms with Crippen LogP contribution in [-0.2, 0) is 43.4 Å². The molecule has 0 atom stereocenters. The van der Waals surface area contributed by atoms with Crippen LogP contribution in [0.4, 0.5) is 0 Å². The molecule has 6 rings (SSSR count). The van der Waals surface area contributed by atoms with Crippen molar-refractivity contribution in [2.24, 2.45) is 10.8 Å². The number of unbranched alkanes of at least 4 members (excludes halogenated alkanes) is 4. The first kappa shape index (κ1) is 61.6. The van der Waals surface area contributed by atoms with Crippen molar-refractivity contribution in [1.29, 1.82) is 0 Å². The Morgan fingerprint density at radius 3 is 0.967 bits per heavy atom. The summed E-state index contributed by atoms with van der Waals surface area (Å²) in [7, 11) is 0.171. The maximum Gasteiger partial charge on any atom is 2.00 e. The van der Waals surface area contributed by atoms with Gasteiger partial charge in [-0.05, 0) is 50.3 Å². The normalized spacial score (nSPS) is 14.7. The van der Waals surface area contributed by atoms with Gasteiger partial charge in [0.1, 0.15) is 0 Å². The Morgan fingerprint density at radius 2 is 0.767 bits per heavy atom. The van der Waals surface area contributed by atoms with Crippen molar-refractivity contribution in [3.05, 3.63) is 118 Å². The summed E-state index contributed by atoms with van der Waals surface area (Å²) in [6, 6.07) is 27.3. The number of hydrogen-bond donors (Lipinski definition) is 0. The van der Waals surface area contributed by atoms with E-state index in [-0.39, 0.29) is 94.9 Å². The van der Waals surface area contributed by atoms with E-state index in [9.17, 15) is 0 Å². The predicted octanol–water partition coefficient (Wildman–Crippen LogP) is 10.8. The second-order valence-electron chi connectivity index (χ2n) is 17.3. The van der Waals surface area contributed by atoms with Crippen LogP contribution in [0.3, 0.4) is 0 Å². The summed E-state index contributed by atoms with van der Waals surface area (Å²) in [5.74, 6) is 0. The van der Waals surface area contributed by atoms with Crippen molar-refractivity contribution in [2.45, 2.75) is 148 Å². The number of hydrogen-bond acceptors (Lipinski definition) is 0. The van der Waals surface area contributed by atoms with Crippen molar-refractivity contribution in [1.82, 2.24) is 0 Å². The monoisotopic (exact) mass is 954 g/mol. The van der Waals surface area contributed by atoms with E-state index in [4.69, 9.17) is 0 Å². The van der Waals surface area contributed by atoms with E-state index in [2.05, 4.69) is 182 Å². The molecular weight excluding hydrogens is 877 g/mol. The first-order valence-corrected chi connectivity index (χ1v) is 25.4. The minimum absolute atomic E-state index is 0. The summed E-state index contributed by atoms with van der Waals surface area (Å²) in [6.07, 6.45) is 23.4. The van der Waals surface area contributed by atoms with E-state index in [0.29, 0.717) is 0 Å². The Kier molecular flexibility index (Phi) is 31.4. The van der Waals surface area contributed by atoms with Crippen LogP contribution in [0.5, 0.6) is 0 Å². The molecule has 0 aromatic heterocycles. The first-order valence-electron chi connectivity index (χ1n) is 22.0. The zero-order valence-corrected chi connectivity index (χ0v) is 46.5. The molecule has 328 valence electrons. The molecule has 6 heteroatoms. The van der Waals surface area contributed by atoms with Gasteiger partial charge in [-0.1, -0.05) is 148 Å². The number of benzene rings is 2. The number of rotatable bonds is 14. The van der Waals surface area contributed by atoms with E-state index in [1.807, 2.05) is 0 Å². The smallest absolute Gasteiger partial charge is 1.00 e. The fraction of sp³-hybridized carbons (Fsp3) is 0.519. The van der Waals surface area contributed by atoms with Crippen LogP contribution in [0.15, 0.2) is 106 Å². The van der Waals surface area contributed by atoms with Gasteiger partial charge < -0.3 is 24.8 Å². The van der Waals surface area contributed by atoms with E-state index in [1.54, 1.807) is 10.6 Å². The Bertz CT molecular complexity index is 1710. The molecule has 0 radical (unpaired) electrons. The van der Waals surface area contributed by atoms with Crippen molar-refractivity contribution >= 4 is 48.0 Å². The minimum Gasteiger partial charge on any atom is -1.00 e. The maximum atomic E-state index is 3.44. The topological polar surface area (TPSA) is 0 Å². The molecule has 0 N–H and O–H groups in total. The number of allylic oxidation sites excluding steroid dienone is 8. The third-order valence-electron chi connectivity index (χ3n) is 12.2. The van der Waals surface area contributed by atoms with Crippen LogP contribution in [-0.4, -0.2) is 24.6 Å². The SMILES string of the molecule is CC1=[C-]C(C)(C)C(C)=C1C.CC1=[C-]C(C)(C)C(C)=C1C.CCCCP(CCCC)c1cc2ccccc2[cH-]1.CCCCP(CCCC)c1cc2ccccc2[cH-]1.[Cl-].[Cl-].[Ti+2].[Ti+2]. The number of fused-ring (bicyclic) bond motifs is 2. The summed E-state index contributed by atoms with van der Waals surface area (Å²) in [5.41, 5.74) is 8.79. The molecular formula is C54H78Cl2P2Ti2-2. The zero-order chi connectivity index (χ0) is 41.5. The fourth-order valence-corrected chi connectivity index (χ4v) is 13.1. The van der Waals surface area contributed by atoms with Gasteiger partial charge in [-0.25, -0.2) is 11.1 Å². The fourth-order valence-electron chi connectivity index (χ4n) is 7.58. The Balaban J connectivity index is 0. The zero-order valence-electron chi connectivity index (χ0n) is 40.1. The van der Waals surface area contributed by atoms with Gasteiger partial charge in [0.05, 0.1) is 0 Å². The Labute approximate surface area is 415 Å². The number of halogens is 2. The molecule has 60 heavy (non-hydrogen) atoms. The van der Waals surface area contributed by atoms with Crippen molar-refractivity contribution in [2.75, 3.05) is 24.6 Å².